The topological polar surface area (TPSA) is 99.9 Å². The van der Waals surface area contributed by atoms with E-state index in [0.717, 1.165) is 11.1 Å². The first-order chi connectivity index (χ1) is 14.0. The van der Waals surface area contributed by atoms with Gasteiger partial charge < -0.3 is 0 Å². The molecule has 3 aromatic rings. The summed E-state index contributed by atoms with van der Waals surface area (Å²) >= 11 is 0. The molecule has 0 aliphatic rings. The average Bonchev–Trinajstić information content (AvgIpc) is 2.74. The average molecular weight is 405 g/mol. The van der Waals surface area contributed by atoms with E-state index >= 15 is 0 Å². The Labute approximate surface area is 169 Å². The van der Waals surface area contributed by atoms with Crippen molar-refractivity contribution < 1.29 is 13.2 Å². The Hall–Kier alpha value is -3.50. The lowest BCUT2D eigenvalue weighted by Crippen LogP contribution is -2.13. The molecule has 3 rings (SSSR count). The number of ketones is 1. The van der Waals surface area contributed by atoms with E-state index in [0.29, 0.717) is 24.1 Å². The molecule has 0 spiro atoms. The number of nitriles is 1. The van der Waals surface area contributed by atoms with Gasteiger partial charge in [-0.2, -0.15) is 5.26 Å². The lowest BCUT2D eigenvalue weighted by Gasteiger charge is -2.09. The second-order valence-electron chi connectivity index (χ2n) is 6.52. The molecule has 6 nitrogen and oxygen atoms in total. The fraction of sp³-hybridized carbons (Fsp3) is 0.136. The summed E-state index contributed by atoms with van der Waals surface area (Å²) in [5.41, 5.74) is 2.60. The Balaban J connectivity index is 1.59. The third kappa shape index (κ3) is 5.74. The molecule has 1 heterocycles. The number of hydrogen-bond acceptors (Lipinski definition) is 5. The van der Waals surface area contributed by atoms with Crippen molar-refractivity contribution in [2.24, 2.45) is 0 Å². The van der Waals surface area contributed by atoms with E-state index < -0.39 is 10.0 Å². The summed E-state index contributed by atoms with van der Waals surface area (Å²) in [6.45, 7) is 0. The van der Waals surface area contributed by atoms with Gasteiger partial charge in [0.15, 0.2) is 0 Å². The number of hydrogen-bond donors (Lipinski definition) is 1. The summed E-state index contributed by atoms with van der Waals surface area (Å²) in [5, 5.41) is 8.80. The number of anilines is 1. The van der Waals surface area contributed by atoms with Crippen LogP contribution in [0.5, 0.6) is 0 Å². The predicted molar refractivity (Wildman–Crippen MR) is 110 cm³/mol. The monoisotopic (exact) mass is 405 g/mol. The quantitative estimate of drug-likeness (QED) is 0.618. The number of carbonyl (C=O) groups is 1. The standard InChI is InChI=1S/C22H19N3O3S/c23-15-18-3-8-20(9-4-18)25-29(27,28)22-11-6-17(7-12-22)14-21(26)10-5-19-2-1-13-24-16-19/h1-4,6-9,11-13,16,25H,5,10,14H2. The fourth-order valence-electron chi connectivity index (χ4n) is 2.76. The second kappa shape index (κ2) is 9.13. The maximum atomic E-state index is 12.5. The second-order valence-corrected chi connectivity index (χ2v) is 8.20. The van der Waals surface area contributed by atoms with Gasteiger partial charge in [-0.25, -0.2) is 8.42 Å². The van der Waals surface area contributed by atoms with Crippen molar-refractivity contribution >= 4 is 21.5 Å². The van der Waals surface area contributed by atoms with Gasteiger partial charge in [0.1, 0.15) is 5.78 Å². The van der Waals surface area contributed by atoms with Crippen molar-refractivity contribution in [2.75, 3.05) is 4.72 Å². The van der Waals surface area contributed by atoms with Crippen LogP contribution in [-0.4, -0.2) is 19.2 Å². The van der Waals surface area contributed by atoms with Crippen molar-refractivity contribution in [1.82, 2.24) is 4.98 Å². The Kier molecular flexibility index (Phi) is 6.37. The van der Waals surface area contributed by atoms with E-state index in [1.807, 2.05) is 18.2 Å². The number of aryl methyl sites for hydroxylation is 1. The number of Topliss-reactive ketones (excluding diaryl/α,β-unsaturated/α-hetero) is 1. The molecule has 7 heteroatoms. The molecule has 0 atom stereocenters. The highest BCUT2D eigenvalue weighted by atomic mass is 32.2. The first kappa shape index (κ1) is 20.2. The van der Waals surface area contributed by atoms with Crippen molar-refractivity contribution in [3.8, 4) is 6.07 Å². The van der Waals surface area contributed by atoms with Crippen LogP contribution in [0.25, 0.3) is 0 Å². The van der Waals surface area contributed by atoms with Crippen LogP contribution >= 0.6 is 0 Å². The molecular weight excluding hydrogens is 386 g/mol. The van der Waals surface area contributed by atoms with E-state index in [2.05, 4.69) is 9.71 Å². The van der Waals surface area contributed by atoms with E-state index in [1.54, 1.807) is 24.5 Å². The van der Waals surface area contributed by atoms with Crippen molar-refractivity contribution in [1.29, 1.82) is 5.26 Å². The van der Waals surface area contributed by atoms with Crippen LogP contribution in [0.15, 0.2) is 78.0 Å². The van der Waals surface area contributed by atoms with Crippen LogP contribution in [0.4, 0.5) is 5.69 Å². The number of aromatic nitrogens is 1. The summed E-state index contributed by atoms with van der Waals surface area (Å²) in [4.78, 5) is 16.3. The molecule has 0 amide bonds. The van der Waals surface area contributed by atoms with E-state index in [-0.39, 0.29) is 17.1 Å². The predicted octanol–water partition coefficient (Wildman–Crippen LogP) is 3.50. The number of nitrogens with one attached hydrogen (secondary N) is 1. The SMILES string of the molecule is N#Cc1ccc(NS(=O)(=O)c2ccc(CC(=O)CCc3cccnc3)cc2)cc1. The molecule has 0 aliphatic heterocycles. The van der Waals surface area contributed by atoms with Gasteiger partial charge in [-0.1, -0.05) is 18.2 Å². The van der Waals surface area contributed by atoms with Crippen LogP contribution in [0.3, 0.4) is 0 Å². The maximum Gasteiger partial charge on any atom is 0.261 e. The smallest absolute Gasteiger partial charge is 0.261 e. The molecule has 0 saturated carbocycles. The third-order valence-electron chi connectivity index (χ3n) is 4.32. The molecule has 0 unspecified atom stereocenters. The molecular formula is C22H19N3O3S. The highest BCUT2D eigenvalue weighted by molar-refractivity contribution is 7.92. The Morgan fingerprint density at radius 3 is 2.34 bits per heavy atom. The van der Waals surface area contributed by atoms with Crippen molar-refractivity contribution in [3.05, 3.63) is 89.7 Å². The summed E-state index contributed by atoms with van der Waals surface area (Å²) in [6, 6.07) is 18.2. The zero-order chi connectivity index (χ0) is 20.7. The minimum Gasteiger partial charge on any atom is -0.299 e. The van der Waals surface area contributed by atoms with Gasteiger partial charge in [-0.3, -0.25) is 14.5 Å². The van der Waals surface area contributed by atoms with Crippen molar-refractivity contribution in [2.45, 2.75) is 24.2 Å². The van der Waals surface area contributed by atoms with E-state index in [9.17, 15) is 13.2 Å². The van der Waals surface area contributed by atoms with Crippen LogP contribution in [0.2, 0.25) is 0 Å². The molecule has 0 fully saturated rings. The lowest BCUT2D eigenvalue weighted by molar-refractivity contribution is -0.118. The Morgan fingerprint density at radius 2 is 1.72 bits per heavy atom. The normalized spacial score (nSPS) is 10.9. The van der Waals surface area contributed by atoms with Crippen LogP contribution in [0, 0.1) is 11.3 Å². The first-order valence-corrected chi connectivity index (χ1v) is 10.5. The molecule has 2 aromatic carbocycles. The molecule has 0 aliphatic carbocycles. The summed E-state index contributed by atoms with van der Waals surface area (Å²) < 4.78 is 27.5. The van der Waals surface area contributed by atoms with Crippen LogP contribution in [0.1, 0.15) is 23.1 Å². The number of sulfonamides is 1. The molecule has 29 heavy (non-hydrogen) atoms. The fourth-order valence-corrected chi connectivity index (χ4v) is 3.82. The van der Waals surface area contributed by atoms with Gasteiger partial charge in [-0.15, -0.1) is 0 Å². The molecule has 146 valence electrons. The van der Waals surface area contributed by atoms with Crippen LogP contribution in [-0.2, 0) is 27.7 Å². The highest BCUT2D eigenvalue weighted by Gasteiger charge is 2.14. The number of benzene rings is 2. The zero-order valence-electron chi connectivity index (χ0n) is 15.6. The lowest BCUT2D eigenvalue weighted by atomic mass is 10.0. The number of pyridine rings is 1. The van der Waals surface area contributed by atoms with Gasteiger partial charge in [-0.05, 0) is 60.0 Å². The minimum absolute atomic E-state index is 0.0835. The molecule has 0 radical (unpaired) electrons. The van der Waals surface area contributed by atoms with Gasteiger partial charge in [0, 0.05) is 30.9 Å². The van der Waals surface area contributed by atoms with Gasteiger partial charge in [0.25, 0.3) is 10.0 Å². The molecule has 1 aromatic heterocycles. The summed E-state index contributed by atoms with van der Waals surface area (Å²) in [5.74, 6) is 0.0835. The van der Waals surface area contributed by atoms with Gasteiger partial charge >= 0.3 is 0 Å². The zero-order valence-corrected chi connectivity index (χ0v) is 16.4. The summed E-state index contributed by atoms with van der Waals surface area (Å²) in [7, 11) is -3.75. The highest BCUT2D eigenvalue weighted by Crippen LogP contribution is 2.18. The Morgan fingerprint density at radius 1 is 1.00 bits per heavy atom. The van der Waals surface area contributed by atoms with Crippen LogP contribution < -0.4 is 4.72 Å². The van der Waals surface area contributed by atoms with Gasteiger partial charge in [0.05, 0.1) is 16.5 Å². The molecule has 0 bridgehead atoms. The number of carbonyl (C=O) groups excluding carboxylic acids is 1. The minimum atomic E-state index is -3.75. The van der Waals surface area contributed by atoms with Gasteiger partial charge in [0.2, 0.25) is 0 Å². The largest absolute Gasteiger partial charge is 0.299 e. The van der Waals surface area contributed by atoms with Crippen molar-refractivity contribution in [3.63, 3.8) is 0 Å². The van der Waals surface area contributed by atoms with E-state index in [1.165, 1.54) is 36.4 Å². The number of rotatable bonds is 8. The summed E-state index contributed by atoms with van der Waals surface area (Å²) in [6.07, 6.45) is 4.73. The third-order valence-corrected chi connectivity index (χ3v) is 5.71. The maximum absolute atomic E-state index is 12.5. The molecule has 1 N–H and O–H groups in total. The Bertz CT molecular complexity index is 1120. The first-order valence-electron chi connectivity index (χ1n) is 8.99. The number of nitrogens with zero attached hydrogens (tertiary/aromatic N) is 2. The molecule has 0 saturated heterocycles. The van der Waals surface area contributed by atoms with E-state index in [4.69, 9.17) is 5.26 Å².